The molecule has 0 spiro atoms. The molecule has 1 fully saturated rings. The van der Waals surface area contributed by atoms with E-state index in [9.17, 15) is 9.59 Å². The normalized spacial score (nSPS) is 13.4. The minimum absolute atomic E-state index is 0.111. The van der Waals surface area contributed by atoms with Gasteiger partial charge in [-0.2, -0.15) is 0 Å². The summed E-state index contributed by atoms with van der Waals surface area (Å²) < 4.78 is 10.4. The van der Waals surface area contributed by atoms with Crippen LogP contribution >= 0.6 is 11.6 Å². The van der Waals surface area contributed by atoms with Crippen LogP contribution in [0.4, 0.5) is 5.69 Å². The molecule has 1 aliphatic heterocycles. The number of hydrogen-bond acceptors (Lipinski definition) is 5. The van der Waals surface area contributed by atoms with Gasteiger partial charge in [0.05, 0.1) is 36.1 Å². The van der Waals surface area contributed by atoms with Crippen molar-refractivity contribution in [3.63, 3.8) is 0 Å². The van der Waals surface area contributed by atoms with Crippen molar-refractivity contribution >= 4 is 29.1 Å². The third-order valence-electron chi connectivity index (χ3n) is 4.36. The first-order valence-corrected chi connectivity index (χ1v) is 8.88. The Morgan fingerprint density at radius 2 is 1.70 bits per heavy atom. The average Bonchev–Trinajstić information content (AvgIpc) is 3.23. The van der Waals surface area contributed by atoms with Crippen molar-refractivity contribution in [3.8, 4) is 11.5 Å². The lowest BCUT2D eigenvalue weighted by Gasteiger charge is -2.16. The second-order valence-corrected chi connectivity index (χ2v) is 6.51. The fourth-order valence-corrected chi connectivity index (χ4v) is 3.17. The Morgan fingerprint density at radius 3 is 2.37 bits per heavy atom. The molecule has 0 unspecified atom stereocenters. The molecule has 0 radical (unpaired) electrons. The van der Waals surface area contributed by atoms with Gasteiger partial charge in [-0.1, -0.05) is 11.6 Å². The summed E-state index contributed by atoms with van der Waals surface area (Å²) in [5.74, 6) is 0.275. The number of methoxy groups -OCH3 is 2. The van der Waals surface area contributed by atoms with Crippen molar-refractivity contribution in [2.45, 2.75) is 12.8 Å². The third-order valence-corrected chi connectivity index (χ3v) is 4.66. The fourth-order valence-electron chi connectivity index (χ4n) is 2.94. The number of rotatable bonds is 5. The summed E-state index contributed by atoms with van der Waals surface area (Å²) in [5.41, 5.74) is 1.07. The first kappa shape index (κ1) is 19.0. The fraction of sp³-hybridized carbons (Fsp3) is 0.316. The lowest BCUT2D eigenvalue weighted by Crippen LogP contribution is -2.28. The Balaban J connectivity index is 1.82. The van der Waals surface area contributed by atoms with Gasteiger partial charge in [0.1, 0.15) is 11.5 Å². The minimum Gasteiger partial charge on any atom is -0.495 e. The Labute approximate surface area is 162 Å². The highest BCUT2D eigenvalue weighted by Gasteiger charge is 2.21. The predicted molar refractivity (Wildman–Crippen MR) is 102 cm³/mol. The van der Waals surface area contributed by atoms with Gasteiger partial charge < -0.3 is 19.7 Å². The molecule has 1 aromatic heterocycles. The van der Waals surface area contributed by atoms with Gasteiger partial charge in [0.15, 0.2) is 0 Å². The van der Waals surface area contributed by atoms with E-state index in [4.69, 9.17) is 21.1 Å². The second-order valence-electron chi connectivity index (χ2n) is 6.10. The van der Waals surface area contributed by atoms with Crippen molar-refractivity contribution in [2.75, 3.05) is 32.6 Å². The number of anilines is 1. The quantitative estimate of drug-likeness (QED) is 0.849. The Kier molecular flexibility index (Phi) is 5.81. The molecule has 1 saturated heterocycles. The number of ether oxygens (including phenoxy) is 2. The number of carbonyl (C=O) groups is 2. The van der Waals surface area contributed by atoms with E-state index in [-0.39, 0.29) is 11.5 Å². The van der Waals surface area contributed by atoms with E-state index in [2.05, 4.69) is 10.3 Å². The number of benzene rings is 1. The maximum atomic E-state index is 12.7. The maximum absolute atomic E-state index is 12.7. The zero-order valence-corrected chi connectivity index (χ0v) is 15.9. The molecule has 0 aliphatic carbocycles. The zero-order chi connectivity index (χ0) is 19.4. The second kappa shape index (κ2) is 8.26. The van der Waals surface area contributed by atoms with Crippen molar-refractivity contribution in [1.29, 1.82) is 0 Å². The molecule has 7 nitrogen and oxygen atoms in total. The van der Waals surface area contributed by atoms with Gasteiger partial charge in [0.2, 0.25) is 0 Å². The largest absolute Gasteiger partial charge is 0.495 e. The number of amides is 2. The number of hydrogen-bond donors (Lipinski definition) is 1. The van der Waals surface area contributed by atoms with Crippen molar-refractivity contribution in [2.24, 2.45) is 0 Å². The summed E-state index contributed by atoms with van der Waals surface area (Å²) in [5, 5.41) is 3.12. The van der Waals surface area contributed by atoms with Gasteiger partial charge in [-0.05, 0) is 18.9 Å². The Bertz CT molecular complexity index is 866. The number of carbonyl (C=O) groups excluding carboxylic acids is 2. The highest BCUT2D eigenvalue weighted by Crippen LogP contribution is 2.36. The van der Waals surface area contributed by atoms with Gasteiger partial charge >= 0.3 is 0 Å². The first-order valence-electron chi connectivity index (χ1n) is 8.50. The van der Waals surface area contributed by atoms with Gasteiger partial charge in [-0.3, -0.25) is 14.6 Å². The topological polar surface area (TPSA) is 80.8 Å². The van der Waals surface area contributed by atoms with Crippen LogP contribution in [-0.2, 0) is 0 Å². The van der Waals surface area contributed by atoms with Gasteiger partial charge in [-0.25, -0.2) is 0 Å². The molecule has 1 aromatic carbocycles. The Hall–Kier alpha value is -2.80. The molecule has 27 heavy (non-hydrogen) atoms. The summed E-state index contributed by atoms with van der Waals surface area (Å²) in [6.45, 7) is 1.47. The number of aromatic nitrogens is 1. The molecule has 2 amide bonds. The van der Waals surface area contributed by atoms with E-state index in [1.807, 2.05) is 0 Å². The average molecular weight is 390 g/mol. The molecule has 2 heterocycles. The molecule has 0 saturated carbocycles. The summed E-state index contributed by atoms with van der Waals surface area (Å²) >= 11 is 6.08. The summed E-state index contributed by atoms with van der Waals surface area (Å²) in [6.07, 6.45) is 4.88. The van der Waals surface area contributed by atoms with E-state index in [0.717, 1.165) is 25.9 Å². The molecule has 142 valence electrons. The molecular formula is C19H20ClN3O4. The number of pyridine rings is 1. The zero-order valence-electron chi connectivity index (χ0n) is 15.1. The summed E-state index contributed by atoms with van der Waals surface area (Å²) in [7, 11) is 2.96. The van der Waals surface area contributed by atoms with Crippen molar-refractivity contribution in [1.82, 2.24) is 9.88 Å². The molecule has 0 atom stereocenters. The minimum atomic E-state index is -0.416. The van der Waals surface area contributed by atoms with E-state index in [1.54, 1.807) is 23.1 Å². The van der Waals surface area contributed by atoms with Crippen LogP contribution in [0.1, 0.15) is 33.6 Å². The molecule has 1 N–H and O–H groups in total. The van der Waals surface area contributed by atoms with Gasteiger partial charge in [0.25, 0.3) is 11.8 Å². The van der Waals surface area contributed by atoms with E-state index < -0.39 is 5.91 Å². The van der Waals surface area contributed by atoms with Crippen molar-refractivity contribution < 1.29 is 19.1 Å². The number of nitrogens with zero attached hydrogens (tertiary/aromatic N) is 2. The van der Waals surface area contributed by atoms with Crippen LogP contribution in [0.2, 0.25) is 5.02 Å². The number of nitrogens with one attached hydrogen (secondary N) is 1. The van der Waals surface area contributed by atoms with Crippen LogP contribution in [0.5, 0.6) is 11.5 Å². The third kappa shape index (κ3) is 4.14. The van der Waals surface area contributed by atoms with Crippen LogP contribution in [0, 0.1) is 0 Å². The van der Waals surface area contributed by atoms with Crippen LogP contribution in [0.15, 0.2) is 30.6 Å². The van der Waals surface area contributed by atoms with Crippen LogP contribution in [0.25, 0.3) is 0 Å². The van der Waals surface area contributed by atoms with Crippen LogP contribution in [-0.4, -0.2) is 49.0 Å². The van der Waals surface area contributed by atoms with E-state index >= 15 is 0 Å². The lowest BCUT2D eigenvalue weighted by molar-refractivity contribution is 0.0792. The number of likely N-dealkylation sites (tertiary alicyclic amines) is 1. The molecule has 2 aromatic rings. The van der Waals surface area contributed by atoms with Crippen molar-refractivity contribution in [3.05, 3.63) is 46.7 Å². The first-order chi connectivity index (χ1) is 13.0. The van der Waals surface area contributed by atoms with E-state index in [0.29, 0.717) is 27.8 Å². The molecule has 0 bridgehead atoms. The molecule has 3 rings (SSSR count). The van der Waals surface area contributed by atoms with Crippen LogP contribution in [0.3, 0.4) is 0 Å². The van der Waals surface area contributed by atoms with E-state index in [1.165, 1.54) is 26.6 Å². The summed E-state index contributed by atoms with van der Waals surface area (Å²) in [4.78, 5) is 31.0. The number of halogens is 1. The summed E-state index contributed by atoms with van der Waals surface area (Å²) in [6, 6.07) is 4.68. The highest BCUT2D eigenvalue weighted by molar-refractivity contribution is 6.32. The maximum Gasteiger partial charge on any atom is 0.257 e. The predicted octanol–water partition coefficient (Wildman–Crippen LogP) is 3.24. The Morgan fingerprint density at radius 1 is 1.04 bits per heavy atom. The van der Waals surface area contributed by atoms with Crippen LogP contribution < -0.4 is 14.8 Å². The molecule has 8 heteroatoms. The SMILES string of the molecule is COc1cc(NC(=O)c2cncc(C(=O)N3CCCC3)c2)c(OC)cc1Cl. The van der Waals surface area contributed by atoms with Gasteiger partial charge in [0, 0.05) is 37.6 Å². The smallest absolute Gasteiger partial charge is 0.257 e. The van der Waals surface area contributed by atoms with Gasteiger partial charge in [-0.15, -0.1) is 0 Å². The lowest BCUT2D eigenvalue weighted by atomic mass is 10.1. The standard InChI is InChI=1S/C19H20ClN3O4/c1-26-16-9-15(17(27-2)8-14(16)20)22-18(24)12-7-13(11-21-10-12)19(25)23-5-3-4-6-23/h7-11H,3-6H2,1-2H3,(H,22,24). The highest BCUT2D eigenvalue weighted by atomic mass is 35.5. The molecule has 1 aliphatic rings. The monoisotopic (exact) mass is 389 g/mol. The molecular weight excluding hydrogens is 370 g/mol.